The molecule has 0 spiro atoms. The van der Waals surface area contributed by atoms with Crippen LogP contribution in [-0.4, -0.2) is 20.0 Å². The lowest BCUT2D eigenvalue weighted by Crippen LogP contribution is -2.15. The zero-order chi connectivity index (χ0) is 16.7. The molecule has 0 saturated carbocycles. The van der Waals surface area contributed by atoms with Crippen LogP contribution >= 0.6 is 0 Å². The fraction of sp³-hybridized carbons (Fsp3) is 0.278. The summed E-state index contributed by atoms with van der Waals surface area (Å²) in [6.45, 7) is 1.55. The van der Waals surface area contributed by atoms with Gasteiger partial charge in [-0.2, -0.15) is 8.42 Å². The Labute approximate surface area is 137 Å². The summed E-state index contributed by atoms with van der Waals surface area (Å²) in [5.41, 5.74) is 1.94. The Bertz CT molecular complexity index is 734. The van der Waals surface area contributed by atoms with Gasteiger partial charge in [0.05, 0.1) is 5.75 Å². The van der Waals surface area contributed by atoms with Crippen molar-refractivity contribution in [2.45, 2.75) is 26.2 Å². The Hall–Kier alpha value is -2.14. The lowest BCUT2D eigenvalue weighted by atomic mass is 10.1. The number of aryl methyl sites for hydroxylation is 2. The standard InChI is InChI=1S/C18H20O4S/c1-15(19)7-8-17-9-11-18(12-10-17)22-23(20,21)14-13-16-5-3-2-4-6-16/h2-6,9-12H,7-8,13-14H2,1H3. The highest BCUT2D eigenvalue weighted by atomic mass is 32.2. The van der Waals surface area contributed by atoms with E-state index in [1.165, 1.54) is 0 Å². The second-order valence-corrected chi connectivity index (χ2v) is 7.12. The first-order chi connectivity index (χ1) is 10.9. The third kappa shape index (κ3) is 6.24. The molecular weight excluding hydrogens is 312 g/mol. The highest BCUT2D eigenvalue weighted by Gasteiger charge is 2.13. The third-order valence-electron chi connectivity index (χ3n) is 3.40. The molecule has 2 aromatic rings. The zero-order valence-electron chi connectivity index (χ0n) is 13.1. The number of Topliss-reactive ketones (excluding diaryl/α,β-unsaturated/α-hetero) is 1. The molecule has 0 aromatic heterocycles. The molecule has 0 amide bonds. The predicted octanol–water partition coefficient (Wildman–Crippen LogP) is 3.16. The molecule has 0 aliphatic heterocycles. The Morgan fingerprint density at radius 2 is 1.52 bits per heavy atom. The molecule has 0 heterocycles. The largest absolute Gasteiger partial charge is 0.382 e. The highest BCUT2D eigenvalue weighted by Crippen LogP contribution is 2.16. The van der Waals surface area contributed by atoms with Crippen LogP contribution in [0, 0.1) is 0 Å². The summed E-state index contributed by atoms with van der Waals surface area (Å²) in [5.74, 6) is 0.363. The molecule has 4 nitrogen and oxygen atoms in total. The number of carbonyl (C=O) groups excluding carboxylic acids is 1. The van der Waals surface area contributed by atoms with E-state index in [4.69, 9.17) is 4.18 Å². The van der Waals surface area contributed by atoms with E-state index in [2.05, 4.69) is 0 Å². The summed E-state index contributed by atoms with van der Waals surface area (Å²) < 4.78 is 29.1. The molecule has 5 heteroatoms. The van der Waals surface area contributed by atoms with Gasteiger partial charge >= 0.3 is 10.1 Å². The minimum absolute atomic E-state index is 0.0664. The topological polar surface area (TPSA) is 60.4 Å². The molecule has 2 rings (SSSR count). The molecule has 0 radical (unpaired) electrons. The summed E-state index contributed by atoms with van der Waals surface area (Å²) in [5, 5.41) is 0. The molecule has 0 fully saturated rings. The van der Waals surface area contributed by atoms with Crippen molar-refractivity contribution in [3.05, 3.63) is 65.7 Å². The molecular formula is C18H20O4S. The molecule has 0 aliphatic carbocycles. The highest BCUT2D eigenvalue weighted by molar-refractivity contribution is 7.87. The normalized spacial score (nSPS) is 11.2. The number of carbonyl (C=O) groups is 1. The van der Waals surface area contributed by atoms with Crippen LogP contribution in [0.5, 0.6) is 5.75 Å². The van der Waals surface area contributed by atoms with Crippen LogP contribution in [0.4, 0.5) is 0 Å². The second-order valence-electron chi connectivity index (χ2n) is 5.43. The van der Waals surface area contributed by atoms with Gasteiger partial charge in [-0.05, 0) is 43.0 Å². The molecule has 0 N–H and O–H groups in total. The minimum Gasteiger partial charge on any atom is -0.382 e. The summed E-state index contributed by atoms with van der Waals surface area (Å²) in [7, 11) is -3.63. The summed E-state index contributed by atoms with van der Waals surface area (Å²) in [6, 6.07) is 16.2. The number of benzene rings is 2. The van der Waals surface area contributed by atoms with Gasteiger partial charge in [0.25, 0.3) is 0 Å². The third-order valence-corrected chi connectivity index (χ3v) is 4.55. The van der Waals surface area contributed by atoms with Crippen LogP contribution in [0.15, 0.2) is 54.6 Å². The maximum absolute atomic E-state index is 12.0. The van der Waals surface area contributed by atoms with E-state index in [9.17, 15) is 13.2 Å². The summed E-state index contributed by atoms with van der Waals surface area (Å²) in [6.07, 6.45) is 1.55. The average Bonchev–Trinajstić information content (AvgIpc) is 2.53. The van der Waals surface area contributed by atoms with Gasteiger partial charge < -0.3 is 8.98 Å². The van der Waals surface area contributed by atoms with Gasteiger partial charge in [0.2, 0.25) is 0 Å². The van der Waals surface area contributed by atoms with E-state index >= 15 is 0 Å². The van der Waals surface area contributed by atoms with Crippen molar-refractivity contribution in [3.8, 4) is 5.75 Å². The van der Waals surface area contributed by atoms with Crippen LogP contribution in [-0.2, 0) is 27.8 Å². The van der Waals surface area contributed by atoms with Gasteiger partial charge in [0, 0.05) is 6.42 Å². The Balaban J connectivity index is 1.90. The van der Waals surface area contributed by atoms with Gasteiger partial charge in [-0.25, -0.2) is 0 Å². The first kappa shape index (κ1) is 17.2. The SMILES string of the molecule is CC(=O)CCc1ccc(OS(=O)(=O)CCc2ccccc2)cc1. The molecule has 0 unspecified atom stereocenters. The van der Waals surface area contributed by atoms with E-state index < -0.39 is 10.1 Å². The average molecular weight is 332 g/mol. The lowest BCUT2D eigenvalue weighted by Gasteiger charge is -2.08. The van der Waals surface area contributed by atoms with Crippen molar-refractivity contribution in [3.63, 3.8) is 0 Å². The van der Waals surface area contributed by atoms with E-state index in [0.717, 1.165) is 11.1 Å². The van der Waals surface area contributed by atoms with Gasteiger partial charge in [0.15, 0.2) is 0 Å². The number of rotatable bonds is 8. The van der Waals surface area contributed by atoms with Gasteiger partial charge in [-0.1, -0.05) is 42.5 Å². The quantitative estimate of drug-likeness (QED) is 0.697. The molecule has 0 saturated heterocycles. The smallest absolute Gasteiger partial charge is 0.309 e. The van der Waals surface area contributed by atoms with Crippen molar-refractivity contribution in [1.29, 1.82) is 0 Å². The lowest BCUT2D eigenvalue weighted by molar-refractivity contribution is -0.116. The van der Waals surface area contributed by atoms with Crippen molar-refractivity contribution < 1.29 is 17.4 Å². The molecule has 0 bridgehead atoms. The fourth-order valence-corrected chi connectivity index (χ4v) is 3.08. The molecule has 0 atom stereocenters. The molecule has 23 heavy (non-hydrogen) atoms. The summed E-state index contributed by atoms with van der Waals surface area (Å²) in [4.78, 5) is 11.0. The maximum atomic E-state index is 12.0. The Kier molecular flexibility index (Phi) is 5.93. The maximum Gasteiger partial charge on any atom is 0.309 e. The van der Waals surface area contributed by atoms with Crippen LogP contribution in [0.3, 0.4) is 0 Å². The number of hydrogen-bond donors (Lipinski definition) is 0. The van der Waals surface area contributed by atoms with Crippen molar-refractivity contribution in [2.24, 2.45) is 0 Å². The van der Waals surface area contributed by atoms with E-state index in [-0.39, 0.29) is 11.5 Å². The Morgan fingerprint density at radius 3 is 2.13 bits per heavy atom. The van der Waals surface area contributed by atoms with Crippen LogP contribution in [0.2, 0.25) is 0 Å². The van der Waals surface area contributed by atoms with Gasteiger partial charge in [0.1, 0.15) is 11.5 Å². The monoisotopic (exact) mass is 332 g/mol. The predicted molar refractivity (Wildman–Crippen MR) is 90.0 cm³/mol. The van der Waals surface area contributed by atoms with Gasteiger partial charge in [-0.3, -0.25) is 0 Å². The molecule has 122 valence electrons. The van der Waals surface area contributed by atoms with Crippen LogP contribution in [0.1, 0.15) is 24.5 Å². The van der Waals surface area contributed by atoms with Crippen molar-refractivity contribution >= 4 is 15.9 Å². The number of ketones is 1. The van der Waals surface area contributed by atoms with E-state index in [1.54, 1.807) is 31.2 Å². The minimum atomic E-state index is -3.63. The van der Waals surface area contributed by atoms with Crippen LogP contribution in [0.25, 0.3) is 0 Å². The van der Waals surface area contributed by atoms with E-state index in [0.29, 0.717) is 25.0 Å². The first-order valence-electron chi connectivity index (χ1n) is 7.49. The molecule has 0 aliphatic rings. The number of hydrogen-bond acceptors (Lipinski definition) is 4. The van der Waals surface area contributed by atoms with Gasteiger partial charge in [-0.15, -0.1) is 0 Å². The Morgan fingerprint density at radius 1 is 0.913 bits per heavy atom. The van der Waals surface area contributed by atoms with Crippen molar-refractivity contribution in [2.75, 3.05) is 5.75 Å². The first-order valence-corrected chi connectivity index (χ1v) is 9.07. The van der Waals surface area contributed by atoms with E-state index in [1.807, 2.05) is 30.3 Å². The zero-order valence-corrected chi connectivity index (χ0v) is 13.9. The second kappa shape index (κ2) is 7.92. The summed E-state index contributed by atoms with van der Waals surface area (Å²) >= 11 is 0. The van der Waals surface area contributed by atoms with Crippen molar-refractivity contribution in [1.82, 2.24) is 0 Å². The molecule has 2 aromatic carbocycles. The fourth-order valence-electron chi connectivity index (χ4n) is 2.11. The van der Waals surface area contributed by atoms with Crippen LogP contribution < -0.4 is 4.18 Å².